The summed E-state index contributed by atoms with van der Waals surface area (Å²) in [6, 6.07) is 5.25. The Labute approximate surface area is 119 Å². The van der Waals surface area contributed by atoms with Gasteiger partial charge < -0.3 is 14.5 Å². The third kappa shape index (κ3) is 2.61. The fourth-order valence-electron chi connectivity index (χ4n) is 2.28. The predicted molar refractivity (Wildman–Crippen MR) is 77.2 cm³/mol. The first kappa shape index (κ1) is 14.4. The van der Waals surface area contributed by atoms with Crippen molar-refractivity contribution in [2.24, 2.45) is 0 Å². The van der Waals surface area contributed by atoms with E-state index in [2.05, 4.69) is 0 Å². The minimum Gasteiger partial charge on any atom is -0.491 e. The van der Waals surface area contributed by atoms with Gasteiger partial charge in [-0.1, -0.05) is 0 Å². The Morgan fingerprint density at radius 2 is 2.05 bits per heavy atom. The van der Waals surface area contributed by atoms with E-state index >= 15 is 0 Å². The number of benzene rings is 1. The molecule has 108 valence electrons. The monoisotopic (exact) mass is 276 g/mol. The second kappa shape index (κ2) is 5.94. The van der Waals surface area contributed by atoms with Gasteiger partial charge in [-0.3, -0.25) is 9.59 Å². The van der Waals surface area contributed by atoms with Crippen molar-refractivity contribution in [3.8, 4) is 5.75 Å². The molecule has 1 aliphatic rings. The van der Waals surface area contributed by atoms with Crippen molar-refractivity contribution < 1.29 is 14.3 Å². The summed E-state index contributed by atoms with van der Waals surface area (Å²) in [5.41, 5.74) is 1.24. The highest BCUT2D eigenvalue weighted by Gasteiger charge is 2.22. The molecule has 1 aromatic carbocycles. The molecule has 0 aliphatic carbocycles. The fourth-order valence-corrected chi connectivity index (χ4v) is 2.28. The third-order valence-electron chi connectivity index (χ3n) is 3.57. The van der Waals surface area contributed by atoms with E-state index in [-0.39, 0.29) is 11.8 Å². The molecule has 0 N–H and O–H groups in total. The van der Waals surface area contributed by atoms with Crippen molar-refractivity contribution in [2.75, 3.05) is 31.6 Å². The lowest BCUT2D eigenvalue weighted by atomic mass is 10.1. The molecule has 2 rings (SSSR count). The zero-order valence-corrected chi connectivity index (χ0v) is 12.2. The van der Waals surface area contributed by atoms with Crippen molar-refractivity contribution in [2.45, 2.75) is 20.3 Å². The van der Waals surface area contributed by atoms with Gasteiger partial charge in [0, 0.05) is 25.7 Å². The molecule has 1 heterocycles. The molecule has 0 atom stereocenters. The number of ether oxygens (including phenoxy) is 1. The third-order valence-corrected chi connectivity index (χ3v) is 3.57. The van der Waals surface area contributed by atoms with Crippen LogP contribution in [0.3, 0.4) is 0 Å². The van der Waals surface area contributed by atoms with Crippen molar-refractivity contribution in [1.29, 1.82) is 0 Å². The van der Waals surface area contributed by atoms with Crippen molar-refractivity contribution in [1.82, 2.24) is 4.90 Å². The highest BCUT2D eigenvalue weighted by atomic mass is 16.5. The molecule has 0 saturated heterocycles. The Balaban J connectivity index is 2.37. The molecule has 0 unspecified atom stereocenters. The highest BCUT2D eigenvalue weighted by molar-refractivity contribution is 5.99. The van der Waals surface area contributed by atoms with Gasteiger partial charge in [-0.25, -0.2) is 0 Å². The first-order valence-corrected chi connectivity index (χ1v) is 6.91. The van der Waals surface area contributed by atoms with Gasteiger partial charge in [-0.15, -0.1) is 0 Å². The standard InChI is InChI=1S/C15H20N2O3/c1-4-17(5-2)15(19)11-6-7-13-12(10-11)16(3)14(18)8-9-20-13/h6-7,10H,4-5,8-9H2,1-3H3. The van der Waals surface area contributed by atoms with Gasteiger partial charge in [0.2, 0.25) is 5.91 Å². The topological polar surface area (TPSA) is 49.9 Å². The van der Waals surface area contributed by atoms with Crippen LogP contribution in [0.25, 0.3) is 0 Å². The van der Waals surface area contributed by atoms with Crippen LogP contribution in [0.1, 0.15) is 30.6 Å². The Morgan fingerprint density at radius 1 is 1.35 bits per heavy atom. The fraction of sp³-hybridized carbons (Fsp3) is 0.467. The van der Waals surface area contributed by atoms with E-state index in [9.17, 15) is 9.59 Å². The second-order valence-corrected chi connectivity index (χ2v) is 4.71. The SMILES string of the molecule is CCN(CC)C(=O)c1ccc2c(c1)N(C)C(=O)CCO2. The summed E-state index contributed by atoms with van der Waals surface area (Å²) >= 11 is 0. The summed E-state index contributed by atoms with van der Waals surface area (Å²) in [4.78, 5) is 27.5. The van der Waals surface area contributed by atoms with Gasteiger partial charge >= 0.3 is 0 Å². The van der Waals surface area contributed by atoms with Gasteiger partial charge in [-0.05, 0) is 32.0 Å². The molecule has 1 aliphatic heterocycles. The van der Waals surface area contributed by atoms with Crippen LogP contribution in [0.5, 0.6) is 5.75 Å². The molecule has 1 aromatic rings. The molecule has 0 radical (unpaired) electrons. The lowest BCUT2D eigenvalue weighted by molar-refractivity contribution is -0.118. The summed E-state index contributed by atoms with van der Waals surface area (Å²) < 4.78 is 5.55. The predicted octanol–water partition coefficient (Wildman–Crippen LogP) is 1.91. The average Bonchev–Trinajstić information content (AvgIpc) is 2.60. The summed E-state index contributed by atoms with van der Waals surface area (Å²) in [7, 11) is 1.71. The quantitative estimate of drug-likeness (QED) is 0.847. The smallest absolute Gasteiger partial charge is 0.253 e. The number of nitrogens with zero attached hydrogens (tertiary/aromatic N) is 2. The average molecular weight is 276 g/mol. The zero-order chi connectivity index (χ0) is 14.7. The lowest BCUT2D eigenvalue weighted by Gasteiger charge is -2.21. The van der Waals surface area contributed by atoms with Crippen molar-refractivity contribution >= 4 is 17.5 Å². The number of anilines is 1. The van der Waals surface area contributed by atoms with Crippen molar-refractivity contribution in [3.63, 3.8) is 0 Å². The zero-order valence-electron chi connectivity index (χ0n) is 12.2. The first-order chi connectivity index (χ1) is 9.58. The number of rotatable bonds is 3. The van der Waals surface area contributed by atoms with E-state index in [1.165, 1.54) is 0 Å². The normalized spacial score (nSPS) is 14.3. The Bertz CT molecular complexity index is 524. The molecule has 0 fully saturated rings. The molecule has 0 saturated carbocycles. The van der Waals surface area contributed by atoms with Crippen LogP contribution in [0.2, 0.25) is 0 Å². The molecule has 20 heavy (non-hydrogen) atoms. The molecular formula is C15H20N2O3. The molecular weight excluding hydrogens is 256 g/mol. The van der Waals surface area contributed by atoms with Crippen LogP contribution in [0.15, 0.2) is 18.2 Å². The van der Waals surface area contributed by atoms with Gasteiger partial charge in [0.1, 0.15) is 5.75 Å². The van der Waals surface area contributed by atoms with Crippen LogP contribution in [-0.2, 0) is 4.79 Å². The maximum Gasteiger partial charge on any atom is 0.253 e. The summed E-state index contributed by atoms with van der Waals surface area (Å²) in [6.07, 6.45) is 0.352. The molecule has 5 nitrogen and oxygen atoms in total. The molecule has 0 aromatic heterocycles. The molecule has 2 amide bonds. The summed E-state index contributed by atoms with van der Waals surface area (Å²) in [5.74, 6) is 0.619. The number of hydrogen-bond acceptors (Lipinski definition) is 3. The van der Waals surface area contributed by atoms with Gasteiger partial charge in [0.15, 0.2) is 0 Å². The number of carbonyl (C=O) groups is 2. The van der Waals surface area contributed by atoms with Crippen LogP contribution >= 0.6 is 0 Å². The Morgan fingerprint density at radius 3 is 2.70 bits per heavy atom. The van der Waals surface area contributed by atoms with E-state index in [1.807, 2.05) is 13.8 Å². The van der Waals surface area contributed by atoms with Crippen LogP contribution < -0.4 is 9.64 Å². The molecule has 0 bridgehead atoms. The van der Waals surface area contributed by atoms with Gasteiger partial charge in [0.05, 0.1) is 18.7 Å². The summed E-state index contributed by atoms with van der Waals surface area (Å²) in [6.45, 7) is 5.60. The number of hydrogen-bond donors (Lipinski definition) is 0. The first-order valence-electron chi connectivity index (χ1n) is 6.91. The number of carbonyl (C=O) groups excluding carboxylic acids is 2. The van der Waals surface area contributed by atoms with Crippen LogP contribution in [-0.4, -0.2) is 43.5 Å². The number of amides is 2. The maximum atomic E-state index is 12.3. The van der Waals surface area contributed by atoms with E-state index in [0.717, 1.165) is 0 Å². The second-order valence-electron chi connectivity index (χ2n) is 4.71. The minimum absolute atomic E-state index is 0.00353. The Kier molecular flexibility index (Phi) is 4.27. The maximum absolute atomic E-state index is 12.3. The lowest BCUT2D eigenvalue weighted by Crippen LogP contribution is -2.31. The summed E-state index contributed by atoms with van der Waals surface area (Å²) in [5, 5.41) is 0. The van der Waals surface area contributed by atoms with Gasteiger partial charge in [0.25, 0.3) is 5.91 Å². The highest BCUT2D eigenvalue weighted by Crippen LogP contribution is 2.31. The molecule has 0 spiro atoms. The number of fused-ring (bicyclic) bond motifs is 1. The van der Waals surface area contributed by atoms with Crippen LogP contribution in [0.4, 0.5) is 5.69 Å². The van der Waals surface area contributed by atoms with Crippen LogP contribution in [0, 0.1) is 0 Å². The Hall–Kier alpha value is -2.04. The van der Waals surface area contributed by atoms with E-state index in [1.54, 1.807) is 35.0 Å². The van der Waals surface area contributed by atoms with Gasteiger partial charge in [-0.2, -0.15) is 0 Å². The van der Waals surface area contributed by atoms with Crippen molar-refractivity contribution in [3.05, 3.63) is 23.8 Å². The minimum atomic E-state index is -0.0251. The van der Waals surface area contributed by atoms with E-state index in [0.29, 0.717) is 43.1 Å². The van der Waals surface area contributed by atoms with E-state index < -0.39 is 0 Å². The largest absolute Gasteiger partial charge is 0.491 e. The van der Waals surface area contributed by atoms with E-state index in [4.69, 9.17) is 4.74 Å². The molecule has 5 heteroatoms.